The van der Waals surface area contributed by atoms with Crippen molar-refractivity contribution in [3.05, 3.63) is 131 Å². The van der Waals surface area contributed by atoms with Crippen molar-refractivity contribution in [2.75, 3.05) is 39.4 Å². The first-order chi connectivity index (χ1) is 37.4. The maximum absolute atomic E-state index is 14.0. The van der Waals surface area contributed by atoms with Crippen molar-refractivity contribution in [2.45, 2.75) is 143 Å². The predicted octanol–water partition coefficient (Wildman–Crippen LogP) is 8.58. The minimum atomic E-state index is -0.896. The topological polar surface area (TPSA) is 204 Å². The molecule has 0 saturated carbocycles. The molecule has 0 aliphatic carbocycles. The van der Waals surface area contributed by atoms with E-state index in [1.54, 1.807) is 64.1 Å². The van der Waals surface area contributed by atoms with Crippen molar-refractivity contribution >= 4 is 47.1 Å². The highest BCUT2D eigenvalue weighted by Crippen LogP contribution is 2.33. The van der Waals surface area contributed by atoms with E-state index in [1.807, 2.05) is 86.6 Å². The summed E-state index contributed by atoms with van der Waals surface area (Å²) in [6, 6.07) is 31.7. The molecule has 2 heterocycles. The lowest BCUT2D eigenvalue weighted by molar-refractivity contribution is -0.165. The van der Waals surface area contributed by atoms with Gasteiger partial charge in [0.2, 0.25) is 11.6 Å². The second kappa shape index (κ2) is 28.9. The number of Topliss-reactive ketones (excluding diaryl/α,β-unsaturated/α-hetero) is 2. The van der Waals surface area contributed by atoms with Gasteiger partial charge in [-0.25, -0.2) is 9.59 Å². The fraction of sp³-hybridized carbons (Fsp3) is 0.484. The summed E-state index contributed by atoms with van der Waals surface area (Å²) in [5.41, 5.74) is 1.65. The number of esters is 2. The van der Waals surface area contributed by atoms with Crippen LogP contribution in [0.3, 0.4) is 0 Å². The van der Waals surface area contributed by atoms with Gasteiger partial charge in [0, 0.05) is 37.0 Å². The molecular weight excluding hydrogens is 993 g/mol. The van der Waals surface area contributed by atoms with Crippen molar-refractivity contribution in [1.82, 2.24) is 20.4 Å². The Morgan fingerprint density at radius 1 is 0.526 bits per heavy atom. The molecule has 16 nitrogen and oxygen atoms in total. The molecular formula is C62H78N4O12. The minimum Gasteiger partial charge on any atom is -0.484 e. The van der Waals surface area contributed by atoms with E-state index in [4.69, 9.17) is 18.9 Å². The van der Waals surface area contributed by atoms with Gasteiger partial charge in [0.25, 0.3) is 23.6 Å². The molecule has 2 N–H and O–H groups in total. The molecule has 4 amide bonds. The third-order valence-corrected chi connectivity index (χ3v) is 15.0. The van der Waals surface area contributed by atoms with E-state index in [9.17, 15) is 38.4 Å². The number of piperidine rings is 2. The average Bonchev–Trinajstić information content (AvgIpc) is 3.52. The summed E-state index contributed by atoms with van der Waals surface area (Å²) in [6.45, 7) is 10.8. The molecule has 6 rings (SSSR count). The van der Waals surface area contributed by atoms with E-state index < -0.39 is 82.3 Å². The maximum Gasteiger partial charge on any atom is 0.329 e. The first-order valence-electron chi connectivity index (χ1n) is 27.6. The van der Waals surface area contributed by atoms with Gasteiger partial charge in [0.05, 0.1) is 0 Å². The summed E-state index contributed by atoms with van der Waals surface area (Å²) in [7, 11) is 0. The van der Waals surface area contributed by atoms with E-state index >= 15 is 0 Å². The Bertz CT molecular complexity index is 2510. The lowest BCUT2D eigenvalue weighted by Gasteiger charge is -2.36. The molecule has 2 aliphatic heterocycles. The molecule has 78 heavy (non-hydrogen) atoms. The van der Waals surface area contributed by atoms with E-state index in [1.165, 1.54) is 9.80 Å². The summed E-state index contributed by atoms with van der Waals surface area (Å²) in [5.74, 6) is -3.66. The van der Waals surface area contributed by atoms with Crippen LogP contribution < -0.4 is 20.1 Å². The Hall–Kier alpha value is -7.36. The second-order valence-electron chi connectivity index (χ2n) is 21.5. The van der Waals surface area contributed by atoms with Crippen LogP contribution in [0.2, 0.25) is 0 Å². The zero-order valence-electron chi connectivity index (χ0n) is 46.2. The fourth-order valence-corrected chi connectivity index (χ4v) is 9.32. The molecule has 4 aromatic carbocycles. The number of hydrogen-bond acceptors (Lipinski definition) is 12. The van der Waals surface area contributed by atoms with Gasteiger partial charge in [-0.2, -0.15) is 0 Å². The maximum atomic E-state index is 14.0. The van der Waals surface area contributed by atoms with Gasteiger partial charge >= 0.3 is 11.9 Å². The standard InChI is InChI=1S/C62H78N4O12/c1-7-61(3,4)55(69)57(71)65-37-17-15-29-49(65)59(73)77-51(33-31-43-21-11-9-12-22-43)45-25-19-27-47(39-45)75-41-53(67)63-35-36-64-54(68)42-76-48-28-20-26-46(40-48)52(34-32-44-23-13-10-14-24-44)78-60(74)50-30-16-18-38-66(50)58(72)56(70)62(5,6)8-2/h9-14,19-28,39-40,49-52H,7-8,15-18,29-38,41-42H2,1-6H3,(H,63,67)(H,64,68)/t49-,50?,51?,52+/m0/s1. The molecule has 0 spiro atoms. The van der Waals surface area contributed by atoms with Crippen molar-refractivity contribution in [1.29, 1.82) is 0 Å². The number of ether oxygens (including phenoxy) is 4. The van der Waals surface area contributed by atoms with Crippen LogP contribution in [0.5, 0.6) is 11.5 Å². The Morgan fingerprint density at radius 2 is 0.910 bits per heavy atom. The summed E-state index contributed by atoms with van der Waals surface area (Å²) in [5, 5.41) is 5.47. The van der Waals surface area contributed by atoms with Crippen LogP contribution in [0, 0.1) is 10.8 Å². The highest BCUT2D eigenvalue weighted by Gasteiger charge is 2.43. The first-order valence-corrected chi connectivity index (χ1v) is 27.6. The third-order valence-electron chi connectivity index (χ3n) is 15.0. The first kappa shape index (κ1) is 59.9. The molecule has 16 heteroatoms. The quantitative estimate of drug-likeness (QED) is 0.0328. The minimum absolute atomic E-state index is 0.103. The number of hydrogen-bond donors (Lipinski definition) is 2. The number of nitrogens with one attached hydrogen (secondary N) is 2. The molecule has 2 unspecified atom stereocenters. The number of carbonyl (C=O) groups is 8. The molecule has 2 saturated heterocycles. The molecule has 4 aromatic rings. The van der Waals surface area contributed by atoms with Crippen molar-refractivity contribution in [2.24, 2.45) is 10.8 Å². The molecule has 0 aromatic heterocycles. The number of carbonyl (C=O) groups excluding carboxylic acids is 8. The molecule has 2 fully saturated rings. The highest BCUT2D eigenvalue weighted by molar-refractivity contribution is 6.38. The number of amides is 4. The van der Waals surface area contributed by atoms with Crippen LogP contribution >= 0.6 is 0 Å². The monoisotopic (exact) mass is 1070 g/mol. The molecule has 0 radical (unpaired) electrons. The zero-order valence-corrected chi connectivity index (χ0v) is 46.2. The van der Waals surface area contributed by atoms with E-state index in [2.05, 4.69) is 10.6 Å². The largest absolute Gasteiger partial charge is 0.484 e. The van der Waals surface area contributed by atoms with Gasteiger partial charge < -0.3 is 39.4 Å². The van der Waals surface area contributed by atoms with Crippen LogP contribution in [0.4, 0.5) is 0 Å². The molecule has 0 bridgehead atoms. The Balaban J connectivity index is 1.00. The normalized spacial score (nSPS) is 16.4. The van der Waals surface area contributed by atoms with Crippen LogP contribution in [-0.2, 0) is 60.7 Å². The SMILES string of the molecule is CCC(C)(C)C(=O)C(=O)N1CCCCC1C(=O)O[C@H](CCc1ccccc1)c1cccc(OCC(=O)NCCNC(=O)COc2cccc(C(CCc3ccccc3)OC(=O)[C@@H]3CCCCN3C(=O)C(=O)C(C)(C)CC)c2)c1. The number of rotatable bonds is 27. The summed E-state index contributed by atoms with van der Waals surface area (Å²) >= 11 is 0. The number of likely N-dealkylation sites (tertiary alicyclic amines) is 2. The average molecular weight is 1070 g/mol. The van der Waals surface area contributed by atoms with Crippen LogP contribution in [0.1, 0.15) is 140 Å². The van der Waals surface area contributed by atoms with Gasteiger partial charge in [0.15, 0.2) is 13.2 Å². The Labute approximate surface area is 459 Å². The van der Waals surface area contributed by atoms with Gasteiger partial charge in [-0.05, 0) is 124 Å². The van der Waals surface area contributed by atoms with Crippen molar-refractivity contribution in [3.63, 3.8) is 0 Å². The number of aryl methyl sites for hydroxylation is 2. The summed E-state index contributed by atoms with van der Waals surface area (Å²) in [6.07, 6.45) is 5.08. The van der Waals surface area contributed by atoms with Crippen LogP contribution in [0.25, 0.3) is 0 Å². The van der Waals surface area contributed by atoms with Gasteiger partial charge in [-0.3, -0.25) is 28.8 Å². The molecule has 4 atom stereocenters. The lowest BCUT2D eigenvalue weighted by Crippen LogP contribution is -2.53. The van der Waals surface area contributed by atoms with E-state index in [-0.39, 0.29) is 39.4 Å². The van der Waals surface area contributed by atoms with Crippen molar-refractivity contribution < 1.29 is 57.3 Å². The summed E-state index contributed by atoms with van der Waals surface area (Å²) in [4.78, 5) is 110. The Morgan fingerprint density at radius 3 is 1.28 bits per heavy atom. The Kier molecular flexibility index (Phi) is 22.1. The van der Waals surface area contributed by atoms with Crippen molar-refractivity contribution in [3.8, 4) is 11.5 Å². The number of ketones is 2. The number of nitrogens with zero attached hydrogens (tertiary/aromatic N) is 2. The highest BCUT2D eigenvalue weighted by atomic mass is 16.6. The predicted molar refractivity (Wildman–Crippen MR) is 294 cm³/mol. The molecule has 2 aliphatic rings. The summed E-state index contributed by atoms with van der Waals surface area (Å²) < 4.78 is 24.2. The lowest BCUT2D eigenvalue weighted by atomic mass is 9.84. The fourth-order valence-electron chi connectivity index (χ4n) is 9.32. The van der Waals surface area contributed by atoms with Crippen LogP contribution in [-0.4, -0.2) is 108 Å². The smallest absolute Gasteiger partial charge is 0.329 e. The second-order valence-corrected chi connectivity index (χ2v) is 21.5. The number of benzene rings is 4. The van der Waals surface area contributed by atoms with E-state index in [0.717, 1.165) is 11.1 Å². The molecule has 418 valence electrons. The zero-order chi connectivity index (χ0) is 56.2. The third kappa shape index (κ3) is 17.1. The van der Waals surface area contributed by atoms with Crippen LogP contribution in [0.15, 0.2) is 109 Å². The van der Waals surface area contributed by atoms with E-state index in [0.29, 0.717) is 99.7 Å². The van der Waals surface area contributed by atoms with Gasteiger partial charge in [-0.15, -0.1) is 0 Å². The van der Waals surface area contributed by atoms with Gasteiger partial charge in [-0.1, -0.05) is 126 Å². The van der Waals surface area contributed by atoms with Gasteiger partial charge in [0.1, 0.15) is 35.8 Å².